The highest BCUT2D eigenvalue weighted by atomic mass is 35.5. The van der Waals surface area contributed by atoms with Gasteiger partial charge in [0.1, 0.15) is 4.90 Å². The van der Waals surface area contributed by atoms with E-state index in [1.807, 2.05) is 31.2 Å². The van der Waals surface area contributed by atoms with Crippen LogP contribution in [-0.2, 0) is 21.3 Å². The van der Waals surface area contributed by atoms with E-state index in [-0.39, 0.29) is 39.0 Å². The van der Waals surface area contributed by atoms with Gasteiger partial charge in [0.25, 0.3) is 15.9 Å². The summed E-state index contributed by atoms with van der Waals surface area (Å²) in [5, 5.41) is 28.4. The summed E-state index contributed by atoms with van der Waals surface area (Å²) in [5.74, 6) is -0.622. The number of fused-ring (bicyclic) bond motifs is 1. The van der Waals surface area contributed by atoms with Crippen LogP contribution in [0.1, 0.15) is 57.5 Å². The van der Waals surface area contributed by atoms with Crippen LogP contribution in [0.5, 0.6) is 0 Å². The SMILES string of the molecule is CCN(CC)[N+]([O-])=NOC(N(C(=O)O)S(=O)(=O)c1cc(C(=O)NN2c3ccccc3CC2C)ccc1Cl)C(C)(C)C. The van der Waals surface area contributed by atoms with Gasteiger partial charge in [-0.3, -0.25) is 15.2 Å². The Morgan fingerprint density at radius 3 is 2.46 bits per heavy atom. The van der Waals surface area contributed by atoms with Crippen molar-refractivity contribution < 1.29 is 32.9 Å². The average Bonchev–Trinajstić information content (AvgIpc) is 3.20. The molecule has 0 saturated heterocycles. The van der Waals surface area contributed by atoms with Gasteiger partial charge in [0, 0.05) is 11.0 Å². The van der Waals surface area contributed by atoms with Gasteiger partial charge in [-0.15, -0.1) is 5.01 Å². The van der Waals surface area contributed by atoms with Crippen LogP contribution in [0.4, 0.5) is 10.5 Å². The van der Waals surface area contributed by atoms with E-state index >= 15 is 0 Å². The number of hydrogen-bond donors (Lipinski definition) is 2. The minimum absolute atomic E-state index is 0.0499. The number of nitrogens with zero attached hydrogens (tertiary/aromatic N) is 5. The van der Waals surface area contributed by atoms with Gasteiger partial charge in [0.15, 0.2) is 0 Å². The van der Waals surface area contributed by atoms with E-state index in [1.54, 1.807) is 18.9 Å². The van der Waals surface area contributed by atoms with E-state index in [4.69, 9.17) is 16.4 Å². The molecule has 0 radical (unpaired) electrons. The third kappa shape index (κ3) is 6.76. The van der Waals surface area contributed by atoms with E-state index in [1.165, 1.54) is 37.9 Å². The number of sulfonamides is 1. The molecule has 41 heavy (non-hydrogen) atoms. The second-order valence-electron chi connectivity index (χ2n) is 10.5. The van der Waals surface area contributed by atoms with Crippen LogP contribution in [-0.4, -0.2) is 65.2 Å². The molecule has 2 atom stereocenters. The fourth-order valence-corrected chi connectivity index (χ4v) is 6.37. The summed E-state index contributed by atoms with van der Waals surface area (Å²) in [5.41, 5.74) is 3.41. The molecule has 2 amide bonds. The van der Waals surface area contributed by atoms with E-state index < -0.39 is 38.6 Å². The molecular formula is C26H35ClN6O7S. The molecule has 224 valence electrons. The van der Waals surface area contributed by atoms with Crippen molar-refractivity contribution in [1.29, 1.82) is 0 Å². The van der Waals surface area contributed by atoms with E-state index in [0.717, 1.165) is 17.3 Å². The maximum absolute atomic E-state index is 13.8. The van der Waals surface area contributed by atoms with Crippen molar-refractivity contribution >= 4 is 39.3 Å². The maximum Gasteiger partial charge on any atom is 0.424 e. The summed E-state index contributed by atoms with van der Waals surface area (Å²) in [6.45, 7) is 10.5. The third-order valence-corrected chi connectivity index (χ3v) is 8.69. The molecule has 1 aliphatic heterocycles. The van der Waals surface area contributed by atoms with Crippen molar-refractivity contribution in [3.63, 3.8) is 0 Å². The van der Waals surface area contributed by atoms with Gasteiger partial charge in [0.05, 0.1) is 34.8 Å². The molecule has 0 saturated carbocycles. The largest absolute Gasteiger partial charge is 0.569 e. The lowest BCUT2D eigenvalue weighted by Gasteiger charge is -2.34. The summed E-state index contributed by atoms with van der Waals surface area (Å²) in [4.78, 5) is 30.4. The zero-order chi connectivity index (χ0) is 30.7. The van der Waals surface area contributed by atoms with Crippen molar-refractivity contribution in [3.8, 4) is 0 Å². The zero-order valence-corrected chi connectivity index (χ0v) is 25.3. The molecule has 3 rings (SSSR count). The first-order valence-corrected chi connectivity index (χ1v) is 14.8. The molecule has 2 aromatic carbocycles. The normalized spacial score (nSPS) is 16.1. The van der Waals surface area contributed by atoms with Crippen molar-refractivity contribution in [2.75, 3.05) is 18.1 Å². The van der Waals surface area contributed by atoms with Crippen LogP contribution < -0.4 is 10.4 Å². The first kappa shape index (κ1) is 31.7. The maximum atomic E-state index is 13.8. The van der Waals surface area contributed by atoms with Gasteiger partial charge in [-0.2, -0.15) is 4.31 Å². The number of carbonyl (C=O) groups is 2. The van der Waals surface area contributed by atoms with E-state index in [0.29, 0.717) is 6.42 Å². The van der Waals surface area contributed by atoms with E-state index in [9.17, 15) is 28.3 Å². The summed E-state index contributed by atoms with van der Waals surface area (Å²) in [6, 6.07) is 11.0. The number of carboxylic acid groups (broad SMARTS) is 1. The Hall–Kier alpha value is -3.78. The predicted octanol–water partition coefficient (Wildman–Crippen LogP) is 4.63. The number of halogens is 1. The minimum Gasteiger partial charge on any atom is -0.569 e. The highest BCUT2D eigenvalue weighted by Gasteiger charge is 2.46. The lowest BCUT2D eigenvalue weighted by atomic mass is 9.94. The molecule has 0 spiro atoms. The molecule has 2 aromatic rings. The van der Waals surface area contributed by atoms with Crippen LogP contribution >= 0.6 is 11.6 Å². The smallest absolute Gasteiger partial charge is 0.424 e. The lowest BCUT2D eigenvalue weighted by molar-refractivity contribution is -0.711. The Bertz CT molecular complexity index is 1430. The molecule has 0 aromatic heterocycles. The molecule has 2 unspecified atom stereocenters. The second kappa shape index (κ2) is 12.4. The topological polar surface area (TPSA) is 158 Å². The van der Waals surface area contributed by atoms with Crippen LogP contribution in [0.2, 0.25) is 5.02 Å². The Labute approximate surface area is 244 Å². The predicted molar refractivity (Wildman–Crippen MR) is 151 cm³/mol. The number of amides is 2. The molecule has 0 fully saturated rings. The Morgan fingerprint density at radius 1 is 1.24 bits per heavy atom. The number of hydrogen-bond acceptors (Lipinski definition) is 8. The molecule has 13 nitrogen and oxygen atoms in total. The van der Waals surface area contributed by atoms with Gasteiger partial charge in [-0.05, 0) is 57.0 Å². The first-order chi connectivity index (χ1) is 19.1. The summed E-state index contributed by atoms with van der Waals surface area (Å²) in [6.07, 6.45) is -2.96. The van der Waals surface area contributed by atoms with Gasteiger partial charge in [-0.25, -0.2) is 13.2 Å². The fourth-order valence-electron chi connectivity index (χ4n) is 4.34. The number of benzene rings is 2. The van der Waals surface area contributed by atoms with Gasteiger partial charge >= 0.3 is 6.09 Å². The van der Waals surface area contributed by atoms with Gasteiger partial charge in [-0.1, -0.05) is 50.6 Å². The van der Waals surface area contributed by atoms with Crippen LogP contribution in [0, 0.1) is 10.6 Å². The summed E-state index contributed by atoms with van der Waals surface area (Å²) >= 11 is 6.25. The number of nitrogens with one attached hydrogen (secondary N) is 1. The lowest BCUT2D eigenvalue weighted by Crippen LogP contribution is -2.51. The summed E-state index contributed by atoms with van der Waals surface area (Å²) in [7, 11) is -4.95. The molecule has 0 aliphatic carbocycles. The Balaban J connectivity index is 1.99. The van der Waals surface area contributed by atoms with Crippen molar-refractivity contribution in [2.24, 2.45) is 10.7 Å². The molecular weight excluding hydrogens is 576 g/mol. The standard InChI is InChI=1S/C26H35ClN6O7S/c1-7-30(8-2)33(37)29-40-24(26(4,5)6)32(25(35)36)41(38,39)22-16-19(13-14-20(22)27)23(34)28-31-17(3)15-18-11-9-10-12-21(18)31/h9-14,16-17,24H,7-8,15H2,1-6H3,(H,28,34)(H,35,36). The highest BCUT2D eigenvalue weighted by molar-refractivity contribution is 7.89. The monoisotopic (exact) mass is 610 g/mol. The van der Waals surface area contributed by atoms with Crippen LogP contribution in [0.3, 0.4) is 0 Å². The fraction of sp³-hybridized carbons (Fsp3) is 0.462. The molecule has 2 N–H and O–H groups in total. The average molecular weight is 611 g/mol. The van der Waals surface area contributed by atoms with Crippen molar-refractivity contribution in [2.45, 2.75) is 65.1 Å². The molecule has 0 bridgehead atoms. The van der Waals surface area contributed by atoms with E-state index in [2.05, 4.69) is 10.7 Å². The Kier molecular flexibility index (Phi) is 9.59. The quantitative estimate of drug-likeness (QED) is 0.169. The second-order valence-corrected chi connectivity index (χ2v) is 12.7. The minimum atomic E-state index is -4.95. The Morgan fingerprint density at radius 2 is 1.88 bits per heavy atom. The molecule has 15 heteroatoms. The van der Waals surface area contributed by atoms with Gasteiger partial charge < -0.3 is 15.2 Å². The number of anilines is 1. The van der Waals surface area contributed by atoms with Crippen molar-refractivity contribution in [1.82, 2.24) is 14.7 Å². The number of rotatable bonds is 10. The molecule has 1 aliphatic rings. The zero-order valence-electron chi connectivity index (χ0n) is 23.7. The van der Waals surface area contributed by atoms with Gasteiger partial charge in [0.2, 0.25) is 11.5 Å². The van der Waals surface area contributed by atoms with Crippen LogP contribution in [0.15, 0.2) is 52.6 Å². The number of para-hydroxylation sites is 1. The molecule has 1 heterocycles. The van der Waals surface area contributed by atoms with Crippen LogP contribution in [0.25, 0.3) is 0 Å². The summed E-state index contributed by atoms with van der Waals surface area (Å²) < 4.78 is 27.7. The third-order valence-electron chi connectivity index (χ3n) is 6.49. The van der Waals surface area contributed by atoms with Crippen molar-refractivity contribution in [3.05, 3.63) is 63.8 Å². The first-order valence-electron chi connectivity index (χ1n) is 13.0. The highest BCUT2D eigenvalue weighted by Crippen LogP contribution is 2.34. The number of carbonyl (C=O) groups excluding carboxylic acids is 1. The number of hydrazine groups is 2.